The normalized spacial score (nSPS) is 10.3. The number of carbonyl (C=O) groups is 1. The molecule has 4 nitrogen and oxygen atoms in total. The summed E-state index contributed by atoms with van der Waals surface area (Å²) < 4.78 is 0. The molecular weight excluding hydrogens is 286 g/mol. The van der Waals surface area contributed by atoms with Gasteiger partial charge in [0.05, 0.1) is 23.5 Å². The second-order valence-electron chi connectivity index (χ2n) is 5.23. The van der Waals surface area contributed by atoms with Gasteiger partial charge >= 0.3 is 0 Å². The molecule has 2 heterocycles. The van der Waals surface area contributed by atoms with Crippen molar-refractivity contribution in [2.75, 3.05) is 0 Å². The van der Waals surface area contributed by atoms with Gasteiger partial charge in [0, 0.05) is 18.0 Å². The molecule has 3 rings (SSSR count). The SMILES string of the molecule is Cc1ncc(-c2ccccc2)cc1C(=O)NCc1ccccn1. The van der Waals surface area contributed by atoms with E-state index >= 15 is 0 Å². The van der Waals surface area contributed by atoms with Crippen LogP contribution >= 0.6 is 0 Å². The number of nitrogens with one attached hydrogen (secondary N) is 1. The summed E-state index contributed by atoms with van der Waals surface area (Å²) in [5.74, 6) is -0.140. The minimum absolute atomic E-state index is 0.140. The minimum atomic E-state index is -0.140. The average Bonchev–Trinajstić information content (AvgIpc) is 2.62. The van der Waals surface area contributed by atoms with Crippen LogP contribution < -0.4 is 5.32 Å². The molecule has 0 aliphatic rings. The molecule has 4 heteroatoms. The summed E-state index contributed by atoms with van der Waals surface area (Å²) in [5.41, 5.74) is 4.09. The monoisotopic (exact) mass is 303 g/mol. The molecule has 1 aromatic carbocycles. The van der Waals surface area contributed by atoms with Gasteiger partial charge in [0.25, 0.3) is 5.91 Å². The van der Waals surface area contributed by atoms with Crippen molar-refractivity contribution in [3.8, 4) is 11.1 Å². The number of aromatic nitrogens is 2. The first-order valence-corrected chi connectivity index (χ1v) is 7.44. The van der Waals surface area contributed by atoms with Crippen LogP contribution in [0.1, 0.15) is 21.7 Å². The Kier molecular flexibility index (Phi) is 4.43. The zero-order valence-electron chi connectivity index (χ0n) is 12.9. The molecule has 0 bridgehead atoms. The van der Waals surface area contributed by atoms with E-state index in [0.717, 1.165) is 16.8 Å². The van der Waals surface area contributed by atoms with Crippen LogP contribution in [0.25, 0.3) is 11.1 Å². The first-order valence-electron chi connectivity index (χ1n) is 7.44. The van der Waals surface area contributed by atoms with E-state index in [0.29, 0.717) is 17.8 Å². The van der Waals surface area contributed by atoms with Crippen molar-refractivity contribution in [3.05, 3.63) is 83.9 Å². The van der Waals surface area contributed by atoms with Gasteiger partial charge in [-0.1, -0.05) is 36.4 Å². The molecule has 0 aliphatic heterocycles. The fourth-order valence-electron chi connectivity index (χ4n) is 2.32. The zero-order valence-corrected chi connectivity index (χ0v) is 12.9. The van der Waals surface area contributed by atoms with Crippen LogP contribution in [-0.4, -0.2) is 15.9 Å². The summed E-state index contributed by atoms with van der Waals surface area (Å²) in [6.45, 7) is 2.24. The molecule has 0 unspecified atom stereocenters. The van der Waals surface area contributed by atoms with Gasteiger partial charge in [-0.15, -0.1) is 0 Å². The number of aryl methyl sites for hydroxylation is 1. The number of hydrogen-bond acceptors (Lipinski definition) is 3. The number of amides is 1. The molecule has 0 spiro atoms. The third-order valence-corrected chi connectivity index (χ3v) is 3.59. The predicted molar refractivity (Wildman–Crippen MR) is 89.8 cm³/mol. The molecule has 0 saturated heterocycles. The summed E-state index contributed by atoms with van der Waals surface area (Å²) in [5, 5.41) is 2.89. The minimum Gasteiger partial charge on any atom is -0.346 e. The highest BCUT2D eigenvalue weighted by Crippen LogP contribution is 2.20. The van der Waals surface area contributed by atoms with Crippen LogP contribution in [0, 0.1) is 6.92 Å². The van der Waals surface area contributed by atoms with Gasteiger partial charge in [0.15, 0.2) is 0 Å². The van der Waals surface area contributed by atoms with Crippen LogP contribution in [-0.2, 0) is 6.54 Å². The average molecular weight is 303 g/mol. The van der Waals surface area contributed by atoms with Crippen molar-refractivity contribution < 1.29 is 4.79 Å². The maximum atomic E-state index is 12.4. The van der Waals surface area contributed by atoms with Gasteiger partial charge in [-0.3, -0.25) is 14.8 Å². The number of benzene rings is 1. The smallest absolute Gasteiger partial charge is 0.253 e. The maximum absolute atomic E-state index is 12.4. The fourth-order valence-corrected chi connectivity index (χ4v) is 2.32. The Hall–Kier alpha value is -3.01. The fraction of sp³-hybridized carbons (Fsp3) is 0.105. The van der Waals surface area contributed by atoms with Gasteiger partial charge in [0.1, 0.15) is 0 Å². The first kappa shape index (κ1) is 14.9. The summed E-state index contributed by atoms with van der Waals surface area (Å²) in [7, 11) is 0. The van der Waals surface area contributed by atoms with Crippen molar-refractivity contribution in [1.29, 1.82) is 0 Å². The third-order valence-electron chi connectivity index (χ3n) is 3.59. The van der Waals surface area contributed by atoms with E-state index < -0.39 is 0 Å². The molecule has 0 radical (unpaired) electrons. The van der Waals surface area contributed by atoms with E-state index in [-0.39, 0.29) is 5.91 Å². The molecule has 0 fully saturated rings. The topological polar surface area (TPSA) is 54.9 Å². The highest BCUT2D eigenvalue weighted by atomic mass is 16.1. The molecule has 0 atom stereocenters. The van der Waals surface area contributed by atoms with E-state index in [9.17, 15) is 4.79 Å². The molecule has 1 N–H and O–H groups in total. The summed E-state index contributed by atoms with van der Waals surface area (Å²) in [6, 6.07) is 17.4. The predicted octanol–water partition coefficient (Wildman–Crippen LogP) is 3.38. The Morgan fingerprint density at radius 1 is 1.00 bits per heavy atom. The Morgan fingerprint density at radius 3 is 2.52 bits per heavy atom. The molecule has 0 aliphatic carbocycles. The standard InChI is InChI=1S/C19H17N3O/c1-14-18(19(23)22-13-17-9-5-6-10-20-17)11-16(12-21-14)15-7-3-2-4-8-15/h2-12H,13H2,1H3,(H,22,23). The molecule has 1 amide bonds. The van der Waals surface area contributed by atoms with Crippen LogP contribution in [0.4, 0.5) is 0 Å². The van der Waals surface area contributed by atoms with Crippen LogP contribution in [0.15, 0.2) is 67.0 Å². The summed E-state index contributed by atoms with van der Waals surface area (Å²) in [4.78, 5) is 21.0. The Balaban J connectivity index is 1.80. The number of pyridine rings is 2. The van der Waals surface area contributed by atoms with Gasteiger partial charge in [-0.25, -0.2) is 0 Å². The number of hydrogen-bond donors (Lipinski definition) is 1. The molecule has 0 saturated carbocycles. The molecule has 114 valence electrons. The lowest BCUT2D eigenvalue weighted by Crippen LogP contribution is -2.24. The van der Waals surface area contributed by atoms with Crippen molar-refractivity contribution >= 4 is 5.91 Å². The van der Waals surface area contributed by atoms with Crippen LogP contribution in [0.2, 0.25) is 0 Å². The highest BCUT2D eigenvalue weighted by Gasteiger charge is 2.11. The quantitative estimate of drug-likeness (QED) is 0.804. The molecule has 3 aromatic rings. The van der Waals surface area contributed by atoms with Crippen molar-refractivity contribution in [2.24, 2.45) is 0 Å². The van der Waals surface area contributed by atoms with Crippen molar-refractivity contribution in [1.82, 2.24) is 15.3 Å². The van der Waals surface area contributed by atoms with Gasteiger partial charge < -0.3 is 5.32 Å². The van der Waals surface area contributed by atoms with Crippen molar-refractivity contribution in [3.63, 3.8) is 0 Å². The van der Waals surface area contributed by atoms with E-state index in [2.05, 4.69) is 15.3 Å². The number of carbonyl (C=O) groups excluding carboxylic acids is 1. The largest absolute Gasteiger partial charge is 0.346 e. The zero-order chi connectivity index (χ0) is 16.1. The summed E-state index contributed by atoms with van der Waals surface area (Å²) >= 11 is 0. The lowest BCUT2D eigenvalue weighted by atomic mass is 10.0. The molecule has 23 heavy (non-hydrogen) atoms. The Bertz CT molecular complexity index is 801. The van der Waals surface area contributed by atoms with Gasteiger partial charge in [-0.05, 0) is 30.7 Å². The van der Waals surface area contributed by atoms with E-state index in [4.69, 9.17) is 0 Å². The van der Waals surface area contributed by atoms with Crippen molar-refractivity contribution in [2.45, 2.75) is 13.5 Å². The lowest BCUT2D eigenvalue weighted by molar-refractivity contribution is 0.0949. The highest BCUT2D eigenvalue weighted by molar-refractivity contribution is 5.96. The Labute approximate surface area is 135 Å². The number of rotatable bonds is 4. The second kappa shape index (κ2) is 6.83. The Morgan fingerprint density at radius 2 is 1.78 bits per heavy atom. The van der Waals surface area contributed by atoms with Crippen LogP contribution in [0.3, 0.4) is 0 Å². The van der Waals surface area contributed by atoms with E-state index in [1.807, 2.05) is 61.5 Å². The van der Waals surface area contributed by atoms with E-state index in [1.54, 1.807) is 12.4 Å². The number of nitrogens with zero attached hydrogens (tertiary/aromatic N) is 2. The molecular formula is C19H17N3O. The summed E-state index contributed by atoms with van der Waals surface area (Å²) in [6.07, 6.45) is 3.50. The first-order chi connectivity index (χ1) is 11.2. The lowest BCUT2D eigenvalue weighted by Gasteiger charge is -2.09. The van der Waals surface area contributed by atoms with Gasteiger partial charge in [-0.2, -0.15) is 0 Å². The molecule has 2 aromatic heterocycles. The van der Waals surface area contributed by atoms with Gasteiger partial charge in [0.2, 0.25) is 0 Å². The van der Waals surface area contributed by atoms with E-state index in [1.165, 1.54) is 0 Å². The van der Waals surface area contributed by atoms with Crippen LogP contribution in [0.5, 0.6) is 0 Å². The second-order valence-corrected chi connectivity index (χ2v) is 5.23. The maximum Gasteiger partial charge on any atom is 0.253 e. The third kappa shape index (κ3) is 3.61.